The predicted octanol–water partition coefficient (Wildman–Crippen LogP) is -0.959. The Morgan fingerprint density at radius 3 is 2.33 bits per heavy atom. The fourth-order valence-corrected chi connectivity index (χ4v) is 1.06. The summed E-state index contributed by atoms with van der Waals surface area (Å²) in [5, 5.41) is 13.5. The number of aromatic carboxylic acids is 1. The molecule has 1 rings (SSSR count). The van der Waals surface area contributed by atoms with Crippen LogP contribution in [-0.4, -0.2) is 46.5 Å². The van der Waals surface area contributed by atoms with E-state index >= 15 is 0 Å². The second kappa shape index (κ2) is 6.28. The SMILES string of the molecule is CNC(=O)CCNC(=O)c1cnc(C(=O)O)cn1. The third-order valence-electron chi connectivity index (χ3n) is 2.02. The molecule has 0 saturated heterocycles. The van der Waals surface area contributed by atoms with Gasteiger partial charge in [0.1, 0.15) is 5.69 Å². The van der Waals surface area contributed by atoms with Crippen LogP contribution >= 0.6 is 0 Å². The highest BCUT2D eigenvalue weighted by atomic mass is 16.4. The number of amides is 2. The summed E-state index contributed by atoms with van der Waals surface area (Å²) in [7, 11) is 1.50. The van der Waals surface area contributed by atoms with Crippen LogP contribution in [0.5, 0.6) is 0 Å². The molecule has 8 heteroatoms. The second-order valence-corrected chi connectivity index (χ2v) is 3.27. The van der Waals surface area contributed by atoms with Gasteiger partial charge in [0.05, 0.1) is 12.4 Å². The number of nitrogens with zero attached hydrogens (tertiary/aromatic N) is 2. The third kappa shape index (κ3) is 3.81. The van der Waals surface area contributed by atoms with Gasteiger partial charge in [-0.1, -0.05) is 0 Å². The van der Waals surface area contributed by atoms with Crippen molar-refractivity contribution in [1.29, 1.82) is 0 Å². The van der Waals surface area contributed by atoms with Gasteiger partial charge in [0, 0.05) is 20.0 Å². The standard InChI is InChI=1S/C10H12N4O4/c1-11-8(15)2-3-12-9(16)6-4-14-7(5-13-6)10(17)18/h4-5H,2-3H2,1H3,(H,11,15)(H,12,16)(H,17,18). The Hall–Kier alpha value is -2.51. The molecular formula is C10H12N4O4. The van der Waals surface area contributed by atoms with E-state index in [0.717, 1.165) is 12.4 Å². The predicted molar refractivity (Wildman–Crippen MR) is 60.0 cm³/mol. The van der Waals surface area contributed by atoms with Crippen LogP contribution in [0, 0.1) is 0 Å². The van der Waals surface area contributed by atoms with Crippen LogP contribution < -0.4 is 10.6 Å². The summed E-state index contributed by atoms with van der Waals surface area (Å²) in [5.74, 6) is -1.92. The normalized spacial score (nSPS) is 9.61. The van der Waals surface area contributed by atoms with Crippen molar-refractivity contribution >= 4 is 17.8 Å². The highest BCUT2D eigenvalue weighted by Crippen LogP contribution is 1.95. The molecule has 1 aromatic heterocycles. The molecule has 96 valence electrons. The topological polar surface area (TPSA) is 121 Å². The third-order valence-corrected chi connectivity index (χ3v) is 2.02. The number of carbonyl (C=O) groups excluding carboxylic acids is 2. The van der Waals surface area contributed by atoms with Gasteiger partial charge in [-0.3, -0.25) is 9.59 Å². The van der Waals surface area contributed by atoms with E-state index < -0.39 is 11.9 Å². The van der Waals surface area contributed by atoms with Crippen LogP contribution in [-0.2, 0) is 4.79 Å². The molecular weight excluding hydrogens is 240 g/mol. The van der Waals surface area contributed by atoms with Gasteiger partial charge in [-0.05, 0) is 0 Å². The lowest BCUT2D eigenvalue weighted by Crippen LogP contribution is -2.29. The molecule has 0 aromatic carbocycles. The van der Waals surface area contributed by atoms with Crippen LogP contribution in [0.3, 0.4) is 0 Å². The van der Waals surface area contributed by atoms with Gasteiger partial charge in [-0.2, -0.15) is 0 Å². The maximum Gasteiger partial charge on any atom is 0.356 e. The quantitative estimate of drug-likeness (QED) is 0.620. The Kier molecular flexibility index (Phi) is 4.73. The lowest BCUT2D eigenvalue weighted by atomic mass is 10.3. The number of nitrogens with one attached hydrogen (secondary N) is 2. The molecule has 0 aliphatic heterocycles. The largest absolute Gasteiger partial charge is 0.476 e. The van der Waals surface area contributed by atoms with E-state index in [1.54, 1.807) is 0 Å². The van der Waals surface area contributed by atoms with Gasteiger partial charge in [0.2, 0.25) is 5.91 Å². The van der Waals surface area contributed by atoms with Crippen molar-refractivity contribution < 1.29 is 19.5 Å². The molecule has 18 heavy (non-hydrogen) atoms. The Labute approximate surface area is 102 Å². The number of hydrogen-bond acceptors (Lipinski definition) is 5. The van der Waals surface area contributed by atoms with Crippen LogP contribution in [0.2, 0.25) is 0 Å². The van der Waals surface area contributed by atoms with Gasteiger partial charge < -0.3 is 15.7 Å². The first-order chi connectivity index (χ1) is 8.54. The van der Waals surface area contributed by atoms with Crippen molar-refractivity contribution in [2.75, 3.05) is 13.6 Å². The molecule has 0 saturated carbocycles. The van der Waals surface area contributed by atoms with Crippen LogP contribution in [0.4, 0.5) is 0 Å². The molecule has 0 fully saturated rings. The smallest absolute Gasteiger partial charge is 0.356 e. The number of aromatic nitrogens is 2. The number of hydrogen-bond donors (Lipinski definition) is 3. The maximum atomic E-state index is 11.5. The molecule has 2 amide bonds. The molecule has 0 aliphatic rings. The molecule has 0 unspecified atom stereocenters. The monoisotopic (exact) mass is 252 g/mol. The van der Waals surface area contributed by atoms with Gasteiger partial charge >= 0.3 is 5.97 Å². The number of carboxylic acid groups (broad SMARTS) is 1. The first-order valence-corrected chi connectivity index (χ1v) is 5.08. The first-order valence-electron chi connectivity index (χ1n) is 5.08. The van der Waals surface area contributed by atoms with Crippen LogP contribution in [0.15, 0.2) is 12.4 Å². The molecule has 0 radical (unpaired) electrons. The first kappa shape index (κ1) is 13.6. The fourth-order valence-electron chi connectivity index (χ4n) is 1.06. The summed E-state index contributed by atoms with van der Waals surface area (Å²) in [4.78, 5) is 40.1. The minimum absolute atomic E-state index is 0.00286. The highest BCUT2D eigenvalue weighted by Gasteiger charge is 2.10. The van der Waals surface area contributed by atoms with Gasteiger partial charge in [0.15, 0.2) is 5.69 Å². The van der Waals surface area contributed by atoms with Crippen molar-refractivity contribution in [3.8, 4) is 0 Å². The van der Waals surface area contributed by atoms with Crippen molar-refractivity contribution in [1.82, 2.24) is 20.6 Å². The zero-order chi connectivity index (χ0) is 13.5. The van der Waals surface area contributed by atoms with Crippen LogP contribution in [0.1, 0.15) is 27.4 Å². The highest BCUT2D eigenvalue weighted by molar-refractivity contribution is 5.93. The number of carboxylic acids is 1. The summed E-state index contributed by atoms with van der Waals surface area (Å²) in [6, 6.07) is 0. The van der Waals surface area contributed by atoms with E-state index in [4.69, 9.17) is 5.11 Å². The fraction of sp³-hybridized carbons (Fsp3) is 0.300. The molecule has 3 N–H and O–H groups in total. The van der Waals surface area contributed by atoms with E-state index in [1.807, 2.05) is 0 Å². The average molecular weight is 252 g/mol. The van der Waals surface area contributed by atoms with Crippen LogP contribution in [0.25, 0.3) is 0 Å². The van der Waals surface area contributed by atoms with Crippen molar-refractivity contribution in [2.45, 2.75) is 6.42 Å². The second-order valence-electron chi connectivity index (χ2n) is 3.27. The van der Waals surface area contributed by atoms with Gasteiger partial charge in [-0.15, -0.1) is 0 Å². The molecule has 0 spiro atoms. The number of rotatable bonds is 5. The van der Waals surface area contributed by atoms with Crippen molar-refractivity contribution in [3.05, 3.63) is 23.8 Å². The van der Waals surface area contributed by atoms with Gasteiger partial charge in [-0.25, -0.2) is 14.8 Å². The molecule has 0 atom stereocenters. The Bertz CT molecular complexity index is 457. The Balaban J connectivity index is 2.51. The lowest BCUT2D eigenvalue weighted by Gasteiger charge is -2.03. The summed E-state index contributed by atoms with van der Waals surface area (Å²) in [6.07, 6.45) is 2.22. The minimum Gasteiger partial charge on any atom is -0.476 e. The maximum absolute atomic E-state index is 11.5. The van der Waals surface area contributed by atoms with Crippen molar-refractivity contribution in [3.63, 3.8) is 0 Å². The Morgan fingerprint density at radius 1 is 1.22 bits per heavy atom. The van der Waals surface area contributed by atoms with Crippen molar-refractivity contribution in [2.24, 2.45) is 0 Å². The van der Waals surface area contributed by atoms with E-state index in [2.05, 4.69) is 20.6 Å². The minimum atomic E-state index is -1.21. The lowest BCUT2D eigenvalue weighted by molar-refractivity contribution is -0.120. The zero-order valence-electron chi connectivity index (χ0n) is 9.64. The van der Waals surface area contributed by atoms with E-state index in [1.165, 1.54) is 7.05 Å². The molecule has 0 aliphatic carbocycles. The summed E-state index contributed by atoms with van der Waals surface area (Å²) in [6.45, 7) is 0.168. The van der Waals surface area contributed by atoms with Gasteiger partial charge in [0.25, 0.3) is 5.91 Å². The number of carbonyl (C=O) groups is 3. The zero-order valence-corrected chi connectivity index (χ0v) is 9.64. The molecule has 1 aromatic rings. The summed E-state index contributed by atoms with van der Waals surface area (Å²) >= 11 is 0. The van der Waals surface area contributed by atoms with E-state index in [9.17, 15) is 14.4 Å². The molecule has 1 heterocycles. The summed E-state index contributed by atoms with van der Waals surface area (Å²) in [5.41, 5.74) is -0.242. The molecule has 8 nitrogen and oxygen atoms in total. The van der Waals surface area contributed by atoms with E-state index in [-0.39, 0.29) is 30.3 Å². The van der Waals surface area contributed by atoms with E-state index in [0.29, 0.717) is 0 Å². The average Bonchev–Trinajstić information content (AvgIpc) is 2.38. The molecule has 0 bridgehead atoms. The Morgan fingerprint density at radius 2 is 1.83 bits per heavy atom. The summed E-state index contributed by atoms with van der Waals surface area (Å²) < 4.78 is 0.